The Morgan fingerprint density at radius 3 is 2.79 bits per heavy atom. The van der Waals surface area contributed by atoms with Gasteiger partial charge in [-0.2, -0.15) is 13.2 Å². The van der Waals surface area contributed by atoms with Gasteiger partial charge in [-0.05, 0) is 24.6 Å². The lowest BCUT2D eigenvalue weighted by Gasteiger charge is -2.32. The first-order chi connectivity index (χ1) is 9.00. The van der Waals surface area contributed by atoms with E-state index in [9.17, 15) is 18.0 Å². The molecule has 1 amide bonds. The van der Waals surface area contributed by atoms with Crippen LogP contribution in [0.5, 0.6) is 0 Å². The first-order valence-electron chi connectivity index (χ1n) is 6.20. The third kappa shape index (κ3) is 1.90. The summed E-state index contributed by atoms with van der Waals surface area (Å²) < 4.78 is 38.2. The molecule has 1 aromatic rings. The molecule has 2 heterocycles. The number of anilines is 1. The van der Waals surface area contributed by atoms with Crippen molar-refractivity contribution in [2.24, 2.45) is 0 Å². The molecule has 1 N–H and O–H groups in total. The van der Waals surface area contributed by atoms with Crippen LogP contribution in [0.25, 0.3) is 0 Å². The summed E-state index contributed by atoms with van der Waals surface area (Å²) in [5.74, 6) is -1.80. The number of para-hydroxylation sites is 1. The van der Waals surface area contributed by atoms with E-state index in [1.54, 1.807) is 18.2 Å². The van der Waals surface area contributed by atoms with Gasteiger partial charge in [0.2, 0.25) is 0 Å². The molecule has 3 nitrogen and oxygen atoms in total. The van der Waals surface area contributed by atoms with Crippen molar-refractivity contribution in [2.45, 2.75) is 24.6 Å². The number of halogens is 3. The van der Waals surface area contributed by atoms with Crippen LogP contribution < -0.4 is 10.2 Å². The molecular formula is C13H13F3N2O. The molecule has 0 unspecified atom stereocenters. The molecule has 0 spiro atoms. The Bertz CT molecular complexity index is 515. The number of carbonyl (C=O) groups is 1. The highest BCUT2D eigenvalue weighted by Crippen LogP contribution is 2.44. The minimum absolute atomic E-state index is 0.0451. The molecule has 0 saturated carbocycles. The number of alkyl halides is 3. The van der Waals surface area contributed by atoms with Crippen molar-refractivity contribution in [3.63, 3.8) is 0 Å². The lowest BCUT2D eigenvalue weighted by atomic mass is 9.90. The molecule has 0 aliphatic carbocycles. The normalized spacial score (nSPS) is 25.9. The van der Waals surface area contributed by atoms with E-state index in [0.717, 1.165) is 10.5 Å². The van der Waals surface area contributed by atoms with E-state index in [1.807, 2.05) is 6.07 Å². The van der Waals surface area contributed by atoms with Gasteiger partial charge in [-0.1, -0.05) is 18.2 Å². The predicted molar refractivity (Wildman–Crippen MR) is 64.0 cm³/mol. The highest BCUT2D eigenvalue weighted by Gasteiger charge is 2.51. The van der Waals surface area contributed by atoms with Crippen LogP contribution in [0, 0.1) is 0 Å². The molecule has 0 bridgehead atoms. The van der Waals surface area contributed by atoms with E-state index < -0.39 is 12.1 Å². The molecule has 6 heteroatoms. The molecule has 1 aromatic carbocycles. The Balaban J connectivity index is 2.06. The number of nitrogens with zero attached hydrogens (tertiary/aromatic N) is 1. The lowest BCUT2D eigenvalue weighted by molar-refractivity contribution is -0.171. The minimum atomic E-state index is -4.83. The smallest absolute Gasteiger partial charge is 0.316 e. The van der Waals surface area contributed by atoms with Gasteiger partial charge in [-0.25, -0.2) is 0 Å². The van der Waals surface area contributed by atoms with Crippen LogP contribution in [0.2, 0.25) is 0 Å². The van der Waals surface area contributed by atoms with Gasteiger partial charge in [0.05, 0.1) is 0 Å². The standard InChI is InChI=1S/C13H13F3N2O/c14-13(15,16)12(19)18-10-4-2-1-3-8(10)9-7-17-6-5-11(9)18/h1-4,9,11,17H,5-7H2/t9-,11+/m0/s1. The van der Waals surface area contributed by atoms with Gasteiger partial charge < -0.3 is 10.2 Å². The number of carbonyl (C=O) groups excluding carboxylic acids is 1. The topological polar surface area (TPSA) is 32.3 Å². The van der Waals surface area contributed by atoms with Gasteiger partial charge in [-0.3, -0.25) is 4.79 Å². The molecule has 2 atom stereocenters. The van der Waals surface area contributed by atoms with Crippen molar-refractivity contribution in [2.75, 3.05) is 18.0 Å². The first-order valence-corrected chi connectivity index (χ1v) is 6.20. The van der Waals surface area contributed by atoms with Crippen LogP contribution in [0.4, 0.5) is 18.9 Å². The van der Waals surface area contributed by atoms with Crippen LogP contribution in [0.15, 0.2) is 24.3 Å². The summed E-state index contributed by atoms with van der Waals surface area (Å²) >= 11 is 0. The van der Waals surface area contributed by atoms with Gasteiger partial charge in [0.1, 0.15) is 0 Å². The number of hydrogen-bond acceptors (Lipinski definition) is 2. The number of benzene rings is 1. The van der Waals surface area contributed by atoms with E-state index in [2.05, 4.69) is 5.32 Å². The van der Waals surface area contributed by atoms with E-state index in [1.165, 1.54) is 0 Å². The fraction of sp³-hybridized carbons (Fsp3) is 0.462. The number of piperidine rings is 1. The monoisotopic (exact) mass is 270 g/mol. The average Bonchev–Trinajstić information content (AvgIpc) is 2.71. The largest absolute Gasteiger partial charge is 0.471 e. The summed E-state index contributed by atoms with van der Waals surface area (Å²) in [4.78, 5) is 12.6. The third-order valence-electron chi connectivity index (χ3n) is 3.83. The average molecular weight is 270 g/mol. The quantitative estimate of drug-likeness (QED) is 0.782. The second-order valence-corrected chi connectivity index (χ2v) is 4.90. The summed E-state index contributed by atoms with van der Waals surface area (Å²) in [6.45, 7) is 1.25. The highest BCUT2D eigenvalue weighted by atomic mass is 19.4. The summed E-state index contributed by atoms with van der Waals surface area (Å²) in [5, 5.41) is 3.18. The Morgan fingerprint density at radius 1 is 1.32 bits per heavy atom. The second kappa shape index (κ2) is 4.23. The van der Waals surface area contributed by atoms with Crippen LogP contribution in [-0.4, -0.2) is 31.2 Å². The van der Waals surface area contributed by atoms with Crippen molar-refractivity contribution in [1.29, 1.82) is 0 Å². The van der Waals surface area contributed by atoms with E-state index in [4.69, 9.17) is 0 Å². The minimum Gasteiger partial charge on any atom is -0.316 e. The Hall–Kier alpha value is -1.56. The second-order valence-electron chi connectivity index (χ2n) is 4.90. The zero-order chi connectivity index (χ0) is 13.6. The van der Waals surface area contributed by atoms with E-state index >= 15 is 0 Å². The number of fused-ring (bicyclic) bond motifs is 3. The van der Waals surface area contributed by atoms with Gasteiger partial charge >= 0.3 is 12.1 Å². The van der Waals surface area contributed by atoms with Crippen molar-refractivity contribution in [1.82, 2.24) is 5.32 Å². The first kappa shape index (κ1) is 12.5. The lowest BCUT2D eigenvalue weighted by Crippen LogP contribution is -2.50. The summed E-state index contributed by atoms with van der Waals surface area (Å²) in [6, 6.07) is 6.49. The zero-order valence-corrected chi connectivity index (χ0v) is 10.1. The number of amides is 1. The molecular weight excluding hydrogens is 257 g/mol. The van der Waals surface area contributed by atoms with Crippen molar-refractivity contribution in [3.05, 3.63) is 29.8 Å². The Kier molecular flexibility index (Phi) is 2.78. The molecule has 0 aromatic heterocycles. The van der Waals surface area contributed by atoms with E-state index in [-0.39, 0.29) is 12.0 Å². The molecule has 2 aliphatic rings. The Labute approximate surface area is 108 Å². The zero-order valence-electron chi connectivity index (χ0n) is 10.1. The SMILES string of the molecule is O=C(N1c2ccccc2[C@@H]2CNCC[C@H]21)C(F)(F)F. The number of rotatable bonds is 0. The summed E-state index contributed by atoms with van der Waals surface area (Å²) in [5.41, 5.74) is 1.24. The third-order valence-corrected chi connectivity index (χ3v) is 3.83. The highest BCUT2D eigenvalue weighted by molar-refractivity contribution is 6.00. The maximum Gasteiger partial charge on any atom is 0.471 e. The molecule has 102 valence electrons. The van der Waals surface area contributed by atoms with Gasteiger partial charge in [0.25, 0.3) is 0 Å². The number of nitrogens with one attached hydrogen (secondary N) is 1. The molecule has 2 aliphatic heterocycles. The summed E-state index contributed by atoms with van der Waals surface area (Å²) in [7, 11) is 0. The van der Waals surface area contributed by atoms with Crippen LogP contribution in [0.3, 0.4) is 0 Å². The summed E-state index contributed by atoms with van der Waals surface area (Å²) in [6.07, 6.45) is -4.28. The predicted octanol–water partition coefficient (Wildman–Crippen LogP) is 2.04. The van der Waals surface area contributed by atoms with Crippen molar-refractivity contribution in [3.8, 4) is 0 Å². The maximum atomic E-state index is 12.7. The molecule has 1 saturated heterocycles. The van der Waals surface area contributed by atoms with E-state index in [0.29, 0.717) is 25.2 Å². The fourth-order valence-electron chi connectivity index (χ4n) is 3.07. The molecule has 0 radical (unpaired) electrons. The van der Waals surface area contributed by atoms with Crippen molar-refractivity contribution < 1.29 is 18.0 Å². The van der Waals surface area contributed by atoms with Crippen molar-refractivity contribution >= 4 is 11.6 Å². The number of hydrogen-bond donors (Lipinski definition) is 1. The van der Waals surface area contributed by atoms with Crippen LogP contribution in [-0.2, 0) is 4.79 Å². The van der Waals surface area contributed by atoms with Gasteiger partial charge in [0, 0.05) is 24.2 Å². The Morgan fingerprint density at radius 2 is 2.05 bits per heavy atom. The fourth-order valence-corrected chi connectivity index (χ4v) is 3.07. The van der Waals surface area contributed by atoms with Crippen LogP contribution in [0.1, 0.15) is 17.9 Å². The molecule has 3 rings (SSSR count). The van der Waals surface area contributed by atoms with Crippen LogP contribution >= 0.6 is 0 Å². The molecule has 19 heavy (non-hydrogen) atoms. The van der Waals surface area contributed by atoms with Gasteiger partial charge in [-0.15, -0.1) is 0 Å². The maximum absolute atomic E-state index is 12.7. The molecule has 1 fully saturated rings. The van der Waals surface area contributed by atoms with Gasteiger partial charge in [0.15, 0.2) is 0 Å².